The van der Waals surface area contributed by atoms with E-state index in [0.29, 0.717) is 46.7 Å². The highest BCUT2D eigenvalue weighted by Crippen LogP contribution is 2.43. The number of nitrogens with one attached hydrogen (secondary N) is 1. The molecular formula is C35H37ClN6O7S. The minimum absolute atomic E-state index is 0.0171. The molecule has 0 aliphatic carbocycles. The van der Waals surface area contributed by atoms with Crippen LogP contribution in [0.15, 0.2) is 75.7 Å². The Kier molecular flexibility index (Phi) is 10.1. The molecule has 6 N–H and O–H groups in total. The summed E-state index contributed by atoms with van der Waals surface area (Å²) in [7, 11) is 2.93. The average molecular weight is 721 g/mol. The summed E-state index contributed by atoms with van der Waals surface area (Å²) in [5.41, 5.74) is 7.20. The van der Waals surface area contributed by atoms with Crippen LogP contribution >= 0.6 is 23.4 Å². The van der Waals surface area contributed by atoms with E-state index in [2.05, 4.69) is 20.2 Å². The van der Waals surface area contributed by atoms with Gasteiger partial charge in [0.1, 0.15) is 27.7 Å². The van der Waals surface area contributed by atoms with Crippen LogP contribution in [0.5, 0.6) is 11.5 Å². The Hall–Kier alpha value is -4.56. The van der Waals surface area contributed by atoms with Gasteiger partial charge in [-0.25, -0.2) is 14.8 Å². The number of rotatable bonds is 8. The Balaban J connectivity index is 1.21. The molecule has 3 aliphatic rings. The number of carbonyl (C=O) groups is 1. The number of piperidine rings is 1. The molecule has 3 aliphatic heterocycles. The van der Waals surface area contributed by atoms with Gasteiger partial charge in [-0.2, -0.15) is 0 Å². The number of nitrogens with two attached hydrogens (primary N) is 1. The fraction of sp³-hybridized carbons (Fsp3) is 0.343. The molecule has 1 aromatic heterocycles. The second-order valence-corrected chi connectivity index (χ2v) is 13.9. The Morgan fingerprint density at radius 2 is 2.02 bits per heavy atom. The SMILES string of the molecule is COc1cc(C2=CN(C)C(=C=O)C(C(=O)Nc3cccc(Sc4cnc(N5CCC6(CC5)CO[C@@H](C)[C@H]6N)c(CO)n4)c3Cl)=C2O)ccc1O. The summed E-state index contributed by atoms with van der Waals surface area (Å²) in [5, 5.41) is 34.9. The van der Waals surface area contributed by atoms with Gasteiger partial charge in [0.25, 0.3) is 5.91 Å². The van der Waals surface area contributed by atoms with Crippen LogP contribution in [-0.2, 0) is 20.9 Å². The number of aliphatic hydroxyl groups excluding tert-OH is 2. The maximum Gasteiger partial charge on any atom is 0.262 e. The first-order chi connectivity index (χ1) is 24.0. The van der Waals surface area contributed by atoms with Crippen LogP contribution in [0.2, 0.25) is 5.02 Å². The lowest BCUT2D eigenvalue weighted by molar-refractivity contribution is -0.112. The van der Waals surface area contributed by atoms with E-state index in [1.54, 1.807) is 30.3 Å². The number of benzene rings is 2. The third kappa shape index (κ3) is 6.53. The number of carbonyl (C=O) groups excluding carboxylic acids is 2. The number of aromatic hydroxyl groups is 1. The van der Waals surface area contributed by atoms with Gasteiger partial charge in [-0.3, -0.25) is 4.79 Å². The van der Waals surface area contributed by atoms with Crippen molar-refractivity contribution in [2.75, 3.05) is 44.1 Å². The van der Waals surface area contributed by atoms with Gasteiger partial charge in [0.15, 0.2) is 23.3 Å². The van der Waals surface area contributed by atoms with Crippen molar-refractivity contribution in [1.29, 1.82) is 0 Å². The summed E-state index contributed by atoms with van der Waals surface area (Å²) in [6.45, 7) is 3.78. The number of hydrogen-bond donors (Lipinski definition) is 5. The number of nitrogens with zero attached hydrogens (tertiary/aromatic N) is 4. The van der Waals surface area contributed by atoms with Crippen LogP contribution in [0.25, 0.3) is 5.57 Å². The molecule has 1 amide bonds. The fourth-order valence-corrected chi connectivity index (χ4v) is 7.70. The minimum atomic E-state index is -0.803. The molecule has 262 valence electrons. The molecule has 0 bridgehead atoms. The summed E-state index contributed by atoms with van der Waals surface area (Å²) in [6, 6.07) is 9.42. The van der Waals surface area contributed by atoms with Crippen LogP contribution in [0.4, 0.5) is 11.5 Å². The van der Waals surface area contributed by atoms with E-state index in [4.69, 9.17) is 26.8 Å². The first-order valence-corrected chi connectivity index (χ1v) is 17.1. The fourth-order valence-electron chi connectivity index (χ4n) is 6.58. The van der Waals surface area contributed by atoms with Gasteiger partial charge in [0.05, 0.1) is 43.3 Å². The number of hydrogen-bond acceptors (Lipinski definition) is 13. The first kappa shape index (κ1) is 35.3. The summed E-state index contributed by atoms with van der Waals surface area (Å²) >= 11 is 7.98. The lowest BCUT2D eigenvalue weighted by Crippen LogP contribution is -2.51. The number of allylic oxidation sites excluding steroid dienone is 1. The predicted octanol–water partition coefficient (Wildman–Crippen LogP) is 4.27. The van der Waals surface area contributed by atoms with Crippen molar-refractivity contribution in [2.45, 2.75) is 48.4 Å². The molecule has 0 saturated carbocycles. The molecular weight excluding hydrogens is 684 g/mol. The highest BCUT2D eigenvalue weighted by atomic mass is 35.5. The standard InChI is InChI=1S/C35H37ClN6O7S/c1-19-32(37)35(18-49-19)9-11-42(12-10-35)33-23(16-43)39-28(14-38-33)50-27-6-4-5-22(30(27)36)40-34(47)29-24(17-44)41(2)15-21(31(29)46)20-7-8-25(45)26(13-20)48-3/h4-8,13-15,19,32,43,45-46H,9-12,16,18,37H2,1-3H3,(H,40,47)/t19-,32+/m0/s1. The number of phenolic OH excluding ortho intramolecular Hbond substituents is 1. The van der Waals surface area contributed by atoms with Crippen LogP contribution < -0.4 is 20.7 Å². The van der Waals surface area contributed by atoms with E-state index in [0.717, 1.165) is 12.8 Å². The number of anilines is 2. The van der Waals surface area contributed by atoms with Gasteiger partial charge >= 0.3 is 0 Å². The zero-order valence-electron chi connectivity index (χ0n) is 27.6. The molecule has 0 radical (unpaired) electrons. The molecule has 0 unspecified atom stereocenters. The maximum atomic E-state index is 13.7. The quantitative estimate of drug-likeness (QED) is 0.208. The molecule has 15 heteroatoms. The summed E-state index contributed by atoms with van der Waals surface area (Å²) in [4.78, 5) is 39.0. The summed E-state index contributed by atoms with van der Waals surface area (Å²) in [5.74, 6) is 1.13. The van der Waals surface area contributed by atoms with Crippen molar-refractivity contribution in [3.8, 4) is 11.5 Å². The van der Waals surface area contributed by atoms with Crippen molar-refractivity contribution in [2.24, 2.45) is 11.1 Å². The molecule has 6 rings (SSSR count). The van der Waals surface area contributed by atoms with Crippen LogP contribution in [0.3, 0.4) is 0 Å². The maximum absolute atomic E-state index is 13.7. The summed E-state index contributed by atoms with van der Waals surface area (Å²) < 4.78 is 11.0. The van der Waals surface area contributed by atoms with E-state index in [-0.39, 0.29) is 63.2 Å². The van der Waals surface area contributed by atoms with Crippen molar-refractivity contribution in [3.63, 3.8) is 0 Å². The normalized spacial score (nSPS) is 20.2. The van der Waals surface area contributed by atoms with E-state index in [1.807, 2.05) is 6.92 Å². The second kappa shape index (κ2) is 14.4. The summed E-state index contributed by atoms with van der Waals surface area (Å²) in [6.07, 6.45) is 4.82. The molecule has 2 atom stereocenters. The Morgan fingerprint density at radius 1 is 1.26 bits per heavy atom. The number of amides is 1. The smallest absolute Gasteiger partial charge is 0.262 e. The molecule has 2 fully saturated rings. The number of aliphatic hydroxyl groups is 2. The number of halogens is 1. The van der Waals surface area contributed by atoms with Crippen LogP contribution in [-0.4, -0.2) is 88.0 Å². The van der Waals surface area contributed by atoms with Crippen LogP contribution in [0.1, 0.15) is 31.0 Å². The highest BCUT2D eigenvalue weighted by Gasteiger charge is 2.47. The molecule has 2 aromatic carbocycles. The average Bonchev–Trinajstić information content (AvgIpc) is 3.39. The van der Waals surface area contributed by atoms with E-state index in [1.165, 1.54) is 55.2 Å². The Morgan fingerprint density at radius 3 is 2.68 bits per heavy atom. The number of methoxy groups -OCH3 is 1. The predicted molar refractivity (Wildman–Crippen MR) is 189 cm³/mol. The zero-order valence-corrected chi connectivity index (χ0v) is 29.2. The molecule has 2 saturated heterocycles. The lowest BCUT2D eigenvalue weighted by atomic mass is 9.73. The molecule has 3 aromatic rings. The number of likely N-dealkylation sites (N-methyl/N-ethyl adjacent to an activating group) is 1. The zero-order chi connectivity index (χ0) is 35.7. The number of aromatic nitrogens is 2. The highest BCUT2D eigenvalue weighted by molar-refractivity contribution is 7.99. The third-order valence-electron chi connectivity index (χ3n) is 9.50. The number of phenols is 1. The molecule has 50 heavy (non-hydrogen) atoms. The largest absolute Gasteiger partial charge is 0.506 e. The number of ether oxygens (including phenoxy) is 2. The van der Waals surface area contributed by atoms with E-state index >= 15 is 0 Å². The van der Waals surface area contributed by atoms with Gasteiger partial charge in [0, 0.05) is 48.3 Å². The van der Waals surface area contributed by atoms with Gasteiger partial charge in [0.2, 0.25) is 0 Å². The van der Waals surface area contributed by atoms with Crippen molar-refractivity contribution < 1.29 is 34.4 Å². The van der Waals surface area contributed by atoms with Crippen LogP contribution in [0, 0.1) is 5.41 Å². The monoisotopic (exact) mass is 720 g/mol. The van der Waals surface area contributed by atoms with Gasteiger partial charge in [-0.05, 0) is 49.6 Å². The first-order valence-electron chi connectivity index (χ1n) is 15.9. The Bertz CT molecular complexity index is 1940. The molecule has 1 spiro atoms. The second-order valence-electron chi connectivity index (χ2n) is 12.4. The van der Waals surface area contributed by atoms with E-state index in [9.17, 15) is 24.9 Å². The van der Waals surface area contributed by atoms with Gasteiger partial charge in [-0.15, -0.1) is 0 Å². The lowest BCUT2D eigenvalue weighted by Gasteiger charge is -2.41. The Labute approximate surface area is 298 Å². The van der Waals surface area contributed by atoms with Gasteiger partial charge < -0.3 is 45.6 Å². The van der Waals surface area contributed by atoms with Gasteiger partial charge in [-0.1, -0.05) is 35.5 Å². The minimum Gasteiger partial charge on any atom is -0.506 e. The molecule has 4 heterocycles. The third-order valence-corrected chi connectivity index (χ3v) is 11.0. The van der Waals surface area contributed by atoms with E-state index < -0.39 is 11.7 Å². The topological polar surface area (TPSA) is 184 Å². The molecule has 13 nitrogen and oxygen atoms in total. The van der Waals surface area contributed by atoms with Crippen molar-refractivity contribution in [3.05, 3.63) is 82.1 Å². The van der Waals surface area contributed by atoms with Crippen molar-refractivity contribution >= 4 is 52.3 Å². The van der Waals surface area contributed by atoms with Crippen molar-refractivity contribution in [1.82, 2.24) is 14.9 Å².